The van der Waals surface area contributed by atoms with Gasteiger partial charge in [-0.3, -0.25) is 9.59 Å². The number of benzene rings is 1. The van der Waals surface area contributed by atoms with E-state index in [-0.39, 0.29) is 36.1 Å². The van der Waals surface area contributed by atoms with E-state index in [9.17, 15) is 18.0 Å². The van der Waals surface area contributed by atoms with Gasteiger partial charge in [-0.1, -0.05) is 26.0 Å². The highest BCUT2D eigenvalue weighted by Crippen LogP contribution is 2.16. The van der Waals surface area contributed by atoms with Crippen molar-refractivity contribution < 1.29 is 22.7 Å². The summed E-state index contributed by atoms with van der Waals surface area (Å²) in [5.41, 5.74) is 0.798. The Morgan fingerprint density at radius 3 is 2.25 bits per heavy atom. The van der Waals surface area contributed by atoms with Gasteiger partial charge < -0.3 is 15.0 Å². The monoisotopic (exact) mass is 411 g/mol. The molecule has 1 heterocycles. The van der Waals surface area contributed by atoms with Crippen LogP contribution in [0.15, 0.2) is 29.2 Å². The van der Waals surface area contributed by atoms with Crippen LogP contribution in [0.25, 0.3) is 0 Å². The zero-order valence-corrected chi connectivity index (χ0v) is 17.3. The third kappa shape index (κ3) is 6.02. The summed E-state index contributed by atoms with van der Waals surface area (Å²) in [4.78, 5) is 26.0. The molecule has 156 valence electrons. The number of carbonyl (C=O) groups is 2. The molecule has 0 spiro atoms. The molecule has 28 heavy (non-hydrogen) atoms. The minimum atomic E-state index is -3.48. The third-order valence-electron chi connectivity index (χ3n) is 4.69. The van der Waals surface area contributed by atoms with Crippen LogP contribution < -0.4 is 5.32 Å². The van der Waals surface area contributed by atoms with Crippen LogP contribution >= 0.6 is 0 Å². The van der Waals surface area contributed by atoms with E-state index in [0.717, 1.165) is 5.56 Å². The molecule has 1 aliphatic rings. The molecule has 0 radical (unpaired) electrons. The van der Waals surface area contributed by atoms with E-state index in [4.69, 9.17) is 4.74 Å². The maximum Gasteiger partial charge on any atom is 0.243 e. The molecule has 2 amide bonds. The van der Waals surface area contributed by atoms with Gasteiger partial charge in [0.25, 0.3) is 0 Å². The fourth-order valence-corrected chi connectivity index (χ4v) is 4.43. The van der Waals surface area contributed by atoms with Gasteiger partial charge in [0.2, 0.25) is 21.8 Å². The van der Waals surface area contributed by atoms with Crippen molar-refractivity contribution >= 4 is 21.8 Å². The average Bonchev–Trinajstić information content (AvgIpc) is 2.72. The highest BCUT2D eigenvalue weighted by atomic mass is 32.2. The van der Waals surface area contributed by atoms with Crippen LogP contribution in [-0.4, -0.2) is 68.8 Å². The van der Waals surface area contributed by atoms with E-state index in [0.29, 0.717) is 39.4 Å². The van der Waals surface area contributed by atoms with Gasteiger partial charge in [0.05, 0.1) is 18.1 Å². The summed E-state index contributed by atoms with van der Waals surface area (Å²) in [5.74, 6) is -0.245. The fourth-order valence-electron chi connectivity index (χ4n) is 2.97. The van der Waals surface area contributed by atoms with Gasteiger partial charge in [0, 0.05) is 45.6 Å². The molecule has 9 heteroatoms. The van der Waals surface area contributed by atoms with Gasteiger partial charge in [-0.15, -0.1) is 0 Å². The molecular formula is C19H29N3O5S. The summed E-state index contributed by atoms with van der Waals surface area (Å²) in [5, 5.41) is 2.77. The summed E-state index contributed by atoms with van der Waals surface area (Å²) in [6, 6.07) is 6.49. The molecule has 0 aromatic heterocycles. The Bertz CT molecular complexity index is 754. The SMILES string of the molecule is CCN(CC)S(=O)(=O)c1ccc(CNC(=O)CCC(=O)N2CCOCC2)cc1. The van der Waals surface area contributed by atoms with Crippen LogP contribution in [0.1, 0.15) is 32.3 Å². The summed E-state index contributed by atoms with van der Waals surface area (Å²) in [7, 11) is -3.48. The molecule has 2 rings (SSSR count). The lowest BCUT2D eigenvalue weighted by molar-refractivity contribution is -0.137. The average molecular weight is 412 g/mol. The van der Waals surface area contributed by atoms with E-state index in [2.05, 4.69) is 5.32 Å². The summed E-state index contributed by atoms with van der Waals surface area (Å²) >= 11 is 0. The molecule has 0 saturated carbocycles. The first-order valence-corrected chi connectivity index (χ1v) is 11.0. The van der Waals surface area contributed by atoms with E-state index in [1.54, 1.807) is 43.0 Å². The van der Waals surface area contributed by atoms with E-state index >= 15 is 0 Å². The molecule has 1 aromatic carbocycles. The van der Waals surface area contributed by atoms with Crippen LogP contribution in [0.5, 0.6) is 0 Å². The number of nitrogens with zero attached hydrogens (tertiary/aromatic N) is 2. The molecule has 0 atom stereocenters. The number of hydrogen-bond donors (Lipinski definition) is 1. The minimum Gasteiger partial charge on any atom is -0.378 e. The number of carbonyl (C=O) groups excluding carboxylic acids is 2. The number of sulfonamides is 1. The Morgan fingerprint density at radius 1 is 1.07 bits per heavy atom. The Morgan fingerprint density at radius 2 is 1.68 bits per heavy atom. The van der Waals surface area contributed by atoms with Gasteiger partial charge in [-0.05, 0) is 17.7 Å². The highest BCUT2D eigenvalue weighted by Gasteiger charge is 2.21. The lowest BCUT2D eigenvalue weighted by Gasteiger charge is -2.26. The molecule has 1 N–H and O–H groups in total. The Labute approximate surface area is 166 Å². The van der Waals surface area contributed by atoms with Crippen molar-refractivity contribution in [3.8, 4) is 0 Å². The van der Waals surface area contributed by atoms with Gasteiger partial charge in [0.15, 0.2) is 0 Å². The van der Waals surface area contributed by atoms with Gasteiger partial charge in [0.1, 0.15) is 0 Å². The topological polar surface area (TPSA) is 96.0 Å². The van der Waals surface area contributed by atoms with Gasteiger partial charge in [-0.25, -0.2) is 8.42 Å². The van der Waals surface area contributed by atoms with E-state index < -0.39 is 10.0 Å². The number of rotatable bonds is 9. The zero-order chi connectivity index (χ0) is 20.6. The fraction of sp³-hybridized carbons (Fsp3) is 0.579. The van der Waals surface area contributed by atoms with Crippen molar-refractivity contribution in [1.82, 2.24) is 14.5 Å². The second kappa shape index (κ2) is 10.5. The van der Waals surface area contributed by atoms with E-state index in [1.807, 2.05) is 0 Å². The molecular weight excluding hydrogens is 382 g/mol. The molecule has 0 unspecified atom stereocenters. The second-order valence-electron chi connectivity index (χ2n) is 6.50. The third-order valence-corrected chi connectivity index (χ3v) is 6.75. The van der Waals surface area contributed by atoms with Crippen LogP contribution in [0.4, 0.5) is 0 Å². The molecule has 1 fully saturated rings. The van der Waals surface area contributed by atoms with Crippen molar-refractivity contribution in [2.75, 3.05) is 39.4 Å². The molecule has 1 aromatic rings. The number of morpholine rings is 1. The maximum absolute atomic E-state index is 12.5. The first-order valence-electron chi connectivity index (χ1n) is 9.59. The van der Waals surface area contributed by atoms with Crippen molar-refractivity contribution in [3.63, 3.8) is 0 Å². The van der Waals surface area contributed by atoms with Crippen molar-refractivity contribution in [1.29, 1.82) is 0 Å². The normalized spacial score (nSPS) is 14.9. The lowest BCUT2D eigenvalue weighted by atomic mass is 10.2. The number of amides is 2. The first kappa shape index (κ1) is 22.3. The smallest absolute Gasteiger partial charge is 0.243 e. The van der Waals surface area contributed by atoms with Crippen molar-refractivity contribution in [3.05, 3.63) is 29.8 Å². The standard InChI is InChI=1S/C19H29N3O5S/c1-3-22(4-2)28(25,26)17-7-5-16(6-8-17)15-20-18(23)9-10-19(24)21-11-13-27-14-12-21/h5-8H,3-4,9-15H2,1-2H3,(H,20,23). The number of hydrogen-bond acceptors (Lipinski definition) is 5. The predicted octanol–water partition coefficient (Wildman–Crippen LogP) is 0.972. The number of nitrogens with one attached hydrogen (secondary N) is 1. The van der Waals surface area contributed by atoms with Crippen LogP contribution in [0.2, 0.25) is 0 Å². The number of ether oxygens (including phenoxy) is 1. The maximum atomic E-state index is 12.5. The zero-order valence-electron chi connectivity index (χ0n) is 16.5. The molecule has 0 aliphatic carbocycles. The minimum absolute atomic E-state index is 0.0376. The lowest BCUT2D eigenvalue weighted by Crippen LogP contribution is -2.41. The molecule has 8 nitrogen and oxygen atoms in total. The Balaban J connectivity index is 1.81. The van der Waals surface area contributed by atoms with Crippen LogP contribution in [-0.2, 0) is 30.9 Å². The molecule has 0 bridgehead atoms. The quantitative estimate of drug-likeness (QED) is 0.653. The van der Waals surface area contributed by atoms with Crippen LogP contribution in [0, 0.1) is 0 Å². The second-order valence-corrected chi connectivity index (χ2v) is 8.44. The van der Waals surface area contributed by atoms with Crippen molar-refractivity contribution in [2.24, 2.45) is 0 Å². The summed E-state index contributed by atoms with van der Waals surface area (Å²) in [6.45, 7) is 6.95. The first-order chi connectivity index (χ1) is 13.4. The molecule has 1 aliphatic heterocycles. The van der Waals surface area contributed by atoms with Crippen molar-refractivity contribution in [2.45, 2.75) is 38.1 Å². The molecule has 1 saturated heterocycles. The predicted molar refractivity (Wildman–Crippen MR) is 105 cm³/mol. The summed E-state index contributed by atoms with van der Waals surface area (Å²) in [6.07, 6.45) is 0.303. The van der Waals surface area contributed by atoms with Gasteiger partial charge >= 0.3 is 0 Å². The Hall–Kier alpha value is -1.97. The van der Waals surface area contributed by atoms with Crippen LogP contribution in [0.3, 0.4) is 0 Å². The summed E-state index contributed by atoms with van der Waals surface area (Å²) < 4.78 is 31.5. The Kier molecular flexibility index (Phi) is 8.40. The van der Waals surface area contributed by atoms with Gasteiger partial charge in [-0.2, -0.15) is 4.31 Å². The largest absolute Gasteiger partial charge is 0.378 e. The van der Waals surface area contributed by atoms with E-state index in [1.165, 1.54) is 4.31 Å². The highest BCUT2D eigenvalue weighted by molar-refractivity contribution is 7.89.